The Bertz CT molecular complexity index is 335. The lowest BCUT2D eigenvalue weighted by molar-refractivity contribution is -0.138. The Kier molecular flexibility index (Phi) is 6.65. The molecule has 2 N–H and O–H groups in total. The zero-order chi connectivity index (χ0) is 15.2. The molecule has 0 heterocycles. The van der Waals surface area contributed by atoms with Crippen LogP contribution in [0.1, 0.15) is 46.5 Å². The van der Waals surface area contributed by atoms with E-state index >= 15 is 0 Å². The number of hydrogen-bond acceptors (Lipinski definition) is 4. The predicted molar refractivity (Wildman–Crippen MR) is 80.1 cm³/mol. The second-order valence-corrected chi connectivity index (χ2v) is 7.30. The van der Waals surface area contributed by atoms with Crippen LogP contribution >= 0.6 is 11.8 Å². The lowest BCUT2D eigenvalue weighted by Crippen LogP contribution is -2.45. The number of carbonyl (C=O) groups excluding carboxylic acids is 1. The molecule has 0 bridgehead atoms. The van der Waals surface area contributed by atoms with Crippen LogP contribution in [0.25, 0.3) is 0 Å². The van der Waals surface area contributed by atoms with Gasteiger partial charge in [-0.15, -0.1) is 0 Å². The maximum atomic E-state index is 11.6. The second-order valence-electron chi connectivity index (χ2n) is 6.22. The van der Waals surface area contributed by atoms with E-state index in [4.69, 9.17) is 9.84 Å². The zero-order valence-electron chi connectivity index (χ0n) is 12.5. The van der Waals surface area contributed by atoms with Gasteiger partial charge in [-0.05, 0) is 45.3 Å². The minimum atomic E-state index is -1.02. The minimum Gasteiger partial charge on any atom is -0.480 e. The van der Waals surface area contributed by atoms with Crippen LogP contribution in [0.5, 0.6) is 0 Å². The first-order valence-electron chi connectivity index (χ1n) is 7.08. The van der Waals surface area contributed by atoms with Crippen LogP contribution in [0.4, 0.5) is 4.79 Å². The molecule has 1 rings (SSSR count). The van der Waals surface area contributed by atoms with E-state index in [1.54, 1.807) is 32.5 Å². The van der Waals surface area contributed by atoms with Crippen molar-refractivity contribution in [3.05, 3.63) is 0 Å². The molecule has 0 radical (unpaired) electrons. The van der Waals surface area contributed by atoms with E-state index in [2.05, 4.69) is 5.32 Å². The van der Waals surface area contributed by atoms with Crippen LogP contribution in [-0.2, 0) is 9.53 Å². The molecule has 1 unspecified atom stereocenters. The molecule has 0 aromatic rings. The van der Waals surface area contributed by atoms with Gasteiger partial charge in [0.2, 0.25) is 0 Å². The number of hydrogen-bond donors (Lipinski definition) is 2. The van der Waals surface area contributed by atoms with Gasteiger partial charge >= 0.3 is 12.1 Å². The Morgan fingerprint density at radius 3 is 2.45 bits per heavy atom. The molecule has 0 aromatic heterocycles. The first kappa shape index (κ1) is 17.1. The monoisotopic (exact) mass is 303 g/mol. The second kappa shape index (κ2) is 7.76. The van der Waals surface area contributed by atoms with Gasteiger partial charge in [0.15, 0.2) is 0 Å². The van der Waals surface area contributed by atoms with Crippen molar-refractivity contribution in [3.8, 4) is 0 Å². The quantitative estimate of drug-likeness (QED) is 0.789. The van der Waals surface area contributed by atoms with E-state index in [0.717, 1.165) is 5.75 Å². The van der Waals surface area contributed by atoms with Gasteiger partial charge < -0.3 is 15.2 Å². The fourth-order valence-electron chi connectivity index (χ4n) is 2.15. The normalized spacial score (nSPS) is 17.8. The molecule has 1 atom stereocenters. The molecular formula is C14H25NO4S. The van der Waals surface area contributed by atoms with E-state index in [1.165, 1.54) is 25.7 Å². The number of amides is 1. The highest BCUT2D eigenvalue weighted by Gasteiger charge is 2.24. The molecule has 6 heteroatoms. The molecule has 1 aliphatic carbocycles. The van der Waals surface area contributed by atoms with Gasteiger partial charge in [0.05, 0.1) is 0 Å². The van der Waals surface area contributed by atoms with E-state index < -0.39 is 23.7 Å². The predicted octanol–water partition coefficient (Wildman–Crippen LogP) is 2.89. The summed E-state index contributed by atoms with van der Waals surface area (Å²) in [6.07, 6.45) is 4.37. The lowest BCUT2D eigenvalue weighted by atomic mass is 10.1. The number of rotatable bonds is 6. The molecule has 0 saturated heterocycles. The van der Waals surface area contributed by atoms with Crippen molar-refractivity contribution in [3.63, 3.8) is 0 Å². The summed E-state index contributed by atoms with van der Waals surface area (Å²) in [4.78, 5) is 22.7. The summed E-state index contributed by atoms with van der Waals surface area (Å²) in [5, 5.41) is 11.5. The fraction of sp³-hybridized carbons (Fsp3) is 0.857. The molecule has 1 aliphatic rings. The third kappa shape index (κ3) is 7.03. The molecule has 1 saturated carbocycles. The number of alkyl carbamates (subject to hydrolysis) is 1. The van der Waals surface area contributed by atoms with Crippen LogP contribution in [0.3, 0.4) is 0 Å². The zero-order valence-corrected chi connectivity index (χ0v) is 13.3. The Morgan fingerprint density at radius 2 is 1.95 bits per heavy atom. The number of carboxylic acid groups (broad SMARTS) is 1. The SMILES string of the molecule is CC(C)(C)OC(=O)NC(CSCC1CCCC1)C(=O)O. The Balaban J connectivity index is 2.32. The Morgan fingerprint density at radius 1 is 1.35 bits per heavy atom. The summed E-state index contributed by atoms with van der Waals surface area (Å²) in [5.74, 6) is 1.04. The molecule has 1 amide bonds. The highest BCUT2D eigenvalue weighted by molar-refractivity contribution is 7.99. The topological polar surface area (TPSA) is 75.6 Å². The number of nitrogens with one attached hydrogen (secondary N) is 1. The molecule has 0 spiro atoms. The minimum absolute atomic E-state index is 0.380. The highest BCUT2D eigenvalue weighted by atomic mass is 32.2. The third-order valence-corrected chi connectivity index (χ3v) is 4.38. The summed E-state index contributed by atoms with van der Waals surface area (Å²) < 4.78 is 5.08. The Labute approximate surface area is 124 Å². The maximum Gasteiger partial charge on any atom is 0.408 e. The van der Waals surface area contributed by atoms with Crippen LogP contribution in [-0.4, -0.2) is 40.3 Å². The van der Waals surface area contributed by atoms with E-state index in [1.807, 2.05) is 0 Å². The molecule has 0 aliphatic heterocycles. The van der Waals surface area contributed by atoms with E-state index in [0.29, 0.717) is 11.7 Å². The van der Waals surface area contributed by atoms with Crippen molar-refractivity contribution in [2.24, 2.45) is 5.92 Å². The van der Waals surface area contributed by atoms with Crippen molar-refractivity contribution in [1.82, 2.24) is 5.32 Å². The molecule has 0 aromatic carbocycles. The molecular weight excluding hydrogens is 278 g/mol. The molecule has 116 valence electrons. The summed E-state index contributed by atoms with van der Waals surface area (Å²) >= 11 is 1.60. The van der Waals surface area contributed by atoms with Gasteiger partial charge in [-0.3, -0.25) is 0 Å². The van der Waals surface area contributed by atoms with Crippen molar-refractivity contribution < 1.29 is 19.4 Å². The average molecular weight is 303 g/mol. The summed E-state index contributed by atoms with van der Waals surface area (Å²) in [6, 6.07) is -0.892. The number of aliphatic carboxylic acids is 1. The van der Waals surface area contributed by atoms with E-state index in [9.17, 15) is 9.59 Å². The number of ether oxygens (including phenoxy) is 1. The summed E-state index contributed by atoms with van der Waals surface area (Å²) in [7, 11) is 0. The maximum absolute atomic E-state index is 11.6. The van der Waals surface area contributed by atoms with Crippen molar-refractivity contribution in [2.75, 3.05) is 11.5 Å². The first-order valence-corrected chi connectivity index (χ1v) is 8.23. The van der Waals surface area contributed by atoms with Gasteiger partial charge in [0, 0.05) is 5.75 Å². The van der Waals surface area contributed by atoms with Crippen LogP contribution in [0.15, 0.2) is 0 Å². The van der Waals surface area contributed by atoms with Crippen molar-refractivity contribution in [2.45, 2.75) is 58.1 Å². The standard InChI is InChI=1S/C14H25NO4S/c1-14(2,3)19-13(18)15-11(12(16)17)9-20-8-10-6-4-5-7-10/h10-11H,4-9H2,1-3H3,(H,15,18)(H,16,17). The molecule has 5 nitrogen and oxygen atoms in total. The Hall–Kier alpha value is -0.910. The van der Waals surface area contributed by atoms with Gasteiger partial charge in [0.1, 0.15) is 11.6 Å². The smallest absolute Gasteiger partial charge is 0.408 e. The molecule has 1 fully saturated rings. The number of carboxylic acids is 1. The largest absolute Gasteiger partial charge is 0.480 e. The van der Waals surface area contributed by atoms with Gasteiger partial charge in [-0.2, -0.15) is 11.8 Å². The van der Waals surface area contributed by atoms with Gasteiger partial charge in [0.25, 0.3) is 0 Å². The number of thioether (sulfide) groups is 1. The van der Waals surface area contributed by atoms with Gasteiger partial charge in [-0.25, -0.2) is 9.59 Å². The lowest BCUT2D eigenvalue weighted by Gasteiger charge is -2.22. The van der Waals surface area contributed by atoms with Crippen molar-refractivity contribution in [1.29, 1.82) is 0 Å². The van der Waals surface area contributed by atoms with Crippen LogP contribution in [0, 0.1) is 5.92 Å². The number of carbonyl (C=O) groups is 2. The van der Waals surface area contributed by atoms with Crippen LogP contribution < -0.4 is 5.32 Å². The van der Waals surface area contributed by atoms with E-state index in [-0.39, 0.29) is 0 Å². The third-order valence-electron chi connectivity index (χ3n) is 3.10. The van der Waals surface area contributed by atoms with Crippen LogP contribution in [0.2, 0.25) is 0 Å². The van der Waals surface area contributed by atoms with Gasteiger partial charge in [-0.1, -0.05) is 12.8 Å². The summed E-state index contributed by atoms with van der Waals surface area (Å²) in [6.45, 7) is 5.24. The van der Waals surface area contributed by atoms with Crippen molar-refractivity contribution >= 4 is 23.8 Å². The fourth-order valence-corrected chi connectivity index (χ4v) is 3.42. The average Bonchev–Trinajstić information content (AvgIpc) is 2.77. The molecule has 20 heavy (non-hydrogen) atoms. The summed E-state index contributed by atoms with van der Waals surface area (Å²) in [5.41, 5.74) is -0.621. The first-order chi connectivity index (χ1) is 9.28. The highest BCUT2D eigenvalue weighted by Crippen LogP contribution is 2.28.